The monoisotopic (exact) mass is 259 g/mol. The molecule has 0 amide bonds. The highest BCUT2D eigenvalue weighted by Gasteiger charge is 2.15. The molecule has 0 aliphatic rings. The van der Waals surface area contributed by atoms with E-state index in [1.54, 1.807) is 0 Å². The Labute approximate surface area is 114 Å². The van der Waals surface area contributed by atoms with Gasteiger partial charge in [0.25, 0.3) is 0 Å². The van der Waals surface area contributed by atoms with Crippen LogP contribution in [0.2, 0.25) is 0 Å². The predicted octanol–water partition coefficient (Wildman–Crippen LogP) is 4.18. The Balaban J connectivity index is 2.29. The maximum atomic E-state index is 3.46. The molecule has 2 heteroatoms. The zero-order valence-electron chi connectivity index (χ0n) is 11.6. The number of hydrogen-bond donors (Lipinski definition) is 1. The van der Waals surface area contributed by atoms with E-state index in [1.807, 2.05) is 11.3 Å². The molecule has 0 fully saturated rings. The fourth-order valence-corrected chi connectivity index (χ4v) is 3.48. The van der Waals surface area contributed by atoms with Gasteiger partial charge in [-0.3, -0.25) is 0 Å². The zero-order valence-corrected chi connectivity index (χ0v) is 12.4. The molecule has 1 aromatic carbocycles. The molecule has 0 spiro atoms. The van der Waals surface area contributed by atoms with Gasteiger partial charge >= 0.3 is 0 Å². The molecule has 0 bridgehead atoms. The van der Waals surface area contributed by atoms with Crippen LogP contribution in [0.1, 0.15) is 33.2 Å². The van der Waals surface area contributed by atoms with E-state index in [0.29, 0.717) is 6.04 Å². The molecular weight excluding hydrogens is 238 g/mol. The van der Waals surface area contributed by atoms with Crippen LogP contribution < -0.4 is 5.32 Å². The Bertz CT molecular complexity index is 507. The first-order valence-electron chi connectivity index (χ1n) is 6.40. The van der Waals surface area contributed by atoms with E-state index in [0.717, 1.165) is 6.42 Å². The van der Waals surface area contributed by atoms with E-state index >= 15 is 0 Å². The average Bonchev–Trinajstić information content (AvgIpc) is 2.76. The number of benzene rings is 1. The van der Waals surface area contributed by atoms with Crippen LogP contribution in [0.5, 0.6) is 0 Å². The molecule has 0 aliphatic heterocycles. The molecule has 1 aromatic heterocycles. The normalized spacial score (nSPS) is 12.7. The second-order valence-electron chi connectivity index (χ2n) is 4.88. The van der Waals surface area contributed by atoms with Gasteiger partial charge in [0.05, 0.1) is 0 Å². The molecule has 1 atom stereocenters. The highest BCUT2D eigenvalue weighted by Crippen LogP contribution is 2.28. The molecule has 2 aromatic rings. The molecular formula is C16H21NS. The van der Waals surface area contributed by atoms with Gasteiger partial charge in [0.2, 0.25) is 0 Å². The van der Waals surface area contributed by atoms with Crippen molar-refractivity contribution in [2.75, 3.05) is 7.05 Å². The maximum Gasteiger partial charge on any atom is 0.0456 e. The Hall–Kier alpha value is -1.12. The molecule has 1 N–H and O–H groups in total. The van der Waals surface area contributed by atoms with Crippen LogP contribution in [-0.2, 0) is 6.42 Å². The highest BCUT2D eigenvalue weighted by atomic mass is 32.1. The maximum absolute atomic E-state index is 3.46. The second kappa shape index (κ2) is 5.68. The number of aryl methyl sites for hydroxylation is 3. The van der Waals surface area contributed by atoms with Crippen molar-refractivity contribution in [2.24, 2.45) is 0 Å². The van der Waals surface area contributed by atoms with Gasteiger partial charge < -0.3 is 5.32 Å². The summed E-state index contributed by atoms with van der Waals surface area (Å²) in [6.45, 7) is 6.60. The SMILES string of the molecule is CNC(Cc1c(C)cccc1C)c1sccc1C. The topological polar surface area (TPSA) is 12.0 Å². The minimum atomic E-state index is 0.421. The van der Waals surface area contributed by atoms with Crippen molar-refractivity contribution in [3.8, 4) is 0 Å². The molecule has 96 valence electrons. The molecule has 18 heavy (non-hydrogen) atoms. The van der Waals surface area contributed by atoms with Crippen LogP contribution in [0.25, 0.3) is 0 Å². The molecule has 1 heterocycles. The molecule has 1 nitrogen and oxygen atoms in total. The van der Waals surface area contributed by atoms with Crippen LogP contribution >= 0.6 is 11.3 Å². The first-order valence-corrected chi connectivity index (χ1v) is 7.27. The van der Waals surface area contributed by atoms with Crippen molar-refractivity contribution >= 4 is 11.3 Å². The summed E-state index contributed by atoms with van der Waals surface area (Å²) in [7, 11) is 2.05. The fourth-order valence-electron chi connectivity index (χ4n) is 2.44. The summed E-state index contributed by atoms with van der Waals surface area (Å²) in [4.78, 5) is 1.46. The van der Waals surface area contributed by atoms with Crippen molar-refractivity contribution in [3.63, 3.8) is 0 Å². The minimum Gasteiger partial charge on any atom is -0.312 e. The summed E-state index contributed by atoms with van der Waals surface area (Å²) in [5.41, 5.74) is 5.66. The molecule has 0 radical (unpaired) electrons. The fraction of sp³-hybridized carbons (Fsp3) is 0.375. The Morgan fingerprint density at radius 1 is 1.06 bits per heavy atom. The van der Waals surface area contributed by atoms with E-state index in [1.165, 1.54) is 27.1 Å². The molecule has 0 saturated carbocycles. The third-order valence-electron chi connectivity index (χ3n) is 3.62. The van der Waals surface area contributed by atoms with Crippen molar-refractivity contribution < 1.29 is 0 Å². The summed E-state index contributed by atoms with van der Waals surface area (Å²) < 4.78 is 0. The van der Waals surface area contributed by atoms with Gasteiger partial charge in [0.15, 0.2) is 0 Å². The summed E-state index contributed by atoms with van der Waals surface area (Å²) in [5, 5.41) is 5.64. The lowest BCUT2D eigenvalue weighted by atomic mass is 9.95. The summed E-state index contributed by atoms with van der Waals surface area (Å²) in [6, 6.07) is 9.17. The Morgan fingerprint density at radius 3 is 2.22 bits per heavy atom. The first kappa shape index (κ1) is 13.3. The van der Waals surface area contributed by atoms with Gasteiger partial charge in [-0.1, -0.05) is 18.2 Å². The molecule has 0 saturated heterocycles. The van der Waals surface area contributed by atoms with E-state index in [-0.39, 0.29) is 0 Å². The number of nitrogens with one attached hydrogen (secondary N) is 1. The Kier molecular flexibility index (Phi) is 4.20. The third-order valence-corrected chi connectivity index (χ3v) is 4.75. The number of hydrogen-bond acceptors (Lipinski definition) is 2. The van der Waals surface area contributed by atoms with Crippen molar-refractivity contribution in [2.45, 2.75) is 33.2 Å². The van der Waals surface area contributed by atoms with Crippen LogP contribution in [0.4, 0.5) is 0 Å². The van der Waals surface area contributed by atoms with Crippen molar-refractivity contribution in [1.82, 2.24) is 5.32 Å². The van der Waals surface area contributed by atoms with E-state index in [4.69, 9.17) is 0 Å². The van der Waals surface area contributed by atoms with E-state index < -0.39 is 0 Å². The number of likely N-dealkylation sites (N-methyl/N-ethyl adjacent to an activating group) is 1. The standard InChI is InChI=1S/C16H21NS/c1-11-6-5-7-12(2)14(11)10-15(17-4)16-13(3)8-9-18-16/h5-9,15,17H,10H2,1-4H3. The quantitative estimate of drug-likeness (QED) is 0.868. The molecule has 0 aliphatic carbocycles. The molecule has 1 unspecified atom stereocenters. The molecule has 2 rings (SSSR count). The Morgan fingerprint density at radius 2 is 1.72 bits per heavy atom. The third kappa shape index (κ3) is 2.65. The summed E-state index contributed by atoms with van der Waals surface area (Å²) >= 11 is 1.85. The summed E-state index contributed by atoms with van der Waals surface area (Å²) in [6.07, 6.45) is 1.07. The zero-order chi connectivity index (χ0) is 13.1. The van der Waals surface area contributed by atoms with Crippen LogP contribution in [0.3, 0.4) is 0 Å². The summed E-state index contributed by atoms with van der Waals surface area (Å²) in [5.74, 6) is 0. The van der Waals surface area contributed by atoms with Crippen LogP contribution in [0, 0.1) is 20.8 Å². The highest BCUT2D eigenvalue weighted by molar-refractivity contribution is 7.10. The lowest BCUT2D eigenvalue weighted by Crippen LogP contribution is -2.19. The average molecular weight is 259 g/mol. The van der Waals surface area contributed by atoms with Crippen LogP contribution in [0.15, 0.2) is 29.6 Å². The lowest BCUT2D eigenvalue weighted by molar-refractivity contribution is 0.596. The number of thiophene rings is 1. The van der Waals surface area contributed by atoms with Gasteiger partial charge in [-0.15, -0.1) is 11.3 Å². The van der Waals surface area contributed by atoms with Gasteiger partial charge in [0, 0.05) is 10.9 Å². The van der Waals surface area contributed by atoms with Gasteiger partial charge in [-0.05, 0) is 67.9 Å². The van der Waals surface area contributed by atoms with E-state index in [9.17, 15) is 0 Å². The van der Waals surface area contributed by atoms with Crippen LogP contribution in [-0.4, -0.2) is 7.05 Å². The second-order valence-corrected chi connectivity index (χ2v) is 5.83. The smallest absolute Gasteiger partial charge is 0.0456 e. The van der Waals surface area contributed by atoms with Gasteiger partial charge in [-0.2, -0.15) is 0 Å². The minimum absolute atomic E-state index is 0.421. The van der Waals surface area contributed by atoms with Gasteiger partial charge in [-0.25, -0.2) is 0 Å². The van der Waals surface area contributed by atoms with Gasteiger partial charge in [0.1, 0.15) is 0 Å². The van der Waals surface area contributed by atoms with Crippen molar-refractivity contribution in [1.29, 1.82) is 0 Å². The lowest BCUT2D eigenvalue weighted by Gasteiger charge is -2.19. The number of rotatable bonds is 4. The van der Waals surface area contributed by atoms with Crippen molar-refractivity contribution in [3.05, 3.63) is 56.8 Å². The van der Waals surface area contributed by atoms with E-state index in [2.05, 4.69) is 62.8 Å². The largest absolute Gasteiger partial charge is 0.312 e. The first-order chi connectivity index (χ1) is 8.63. The predicted molar refractivity (Wildman–Crippen MR) is 80.5 cm³/mol.